The second-order valence-electron chi connectivity index (χ2n) is 10.9. The van der Waals surface area contributed by atoms with Crippen molar-refractivity contribution in [2.24, 2.45) is 11.0 Å². The van der Waals surface area contributed by atoms with E-state index in [1.807, 2.05) is 0 Å². The summed E-state index contributed by atoms with van der Waals surface area (Å²) in [5.74, 6) is 0.272. The summed E-state index contributed by atoms with van der Waals surface area (Å²) in [7, 11) is 0. The summed E-state index contributed by atoms with van der Waals surface area (Å²) in [6, 6.07) is 37.6. The van der Waals surface area contributed by atoms with Crippen LogP contribution in [-0.4, -0.2) is 23.7 Å². The second-order valence-corrected chi connectivity index (χ2v) is 10.9. The lowest BCUT2D eigenvalue weighted by molar-refractivity contribution is 0.245. The molecule has 0 saturated carbocycles. The van der Waals surface area contributed by atoms with Gasteiger partial charge in [0.2, 0.25) is 0 Å². The van der Waals surface area contributed by atoms with E-state index < -0.39 is 0 Å². The van der Waals surface area contributed by atoms with Crippen LogP contribution in [0.15, 0.2) is 114 Å². The molecule has 0 spiro atoms. The summed E-state index contributed by atoms with van der Waals surface area (Å²) < 4.78 is 0. The number of rotatable bonds is 5. The zero-order chi connectivity index (χ0) is 26.1. The normalized spacial score (nSPS) is 20.4. The fourth-order valence-electron chi connectivity index (χ4n) is 5.72. The minimum atomic E-state index is 0.148. The lowest BCUT2D eigenvalue weighted by atomic mass is 9.82. The molecular formula is C35H35N3. The van der Waals surface area contributed by atoms with Gasteiger partial charge in [0.1, 0.15) is 0 Å². The van der Waals surface area contributed by atoms with E-state index in [1.165, 1.54) is 44.7 Å². The Bertz CT molecular complexity index is 1450. The molecular weight excluding hydrogens is 462 g/mol. The number of benzene rings is 4. The van der Waals surface area contributed by atoms with Gasteiger partial charge in [-0.25, -0.2) is 0 Å². The van der Waals surface area contributed by atoms with E-state index in [4.69, 9.17) is 5.10 Å². The largest absolute Gasteiger partial charge is 0.294 e. The molecule has 1 saturated heterocycles. The molecule has 2 heterocycles. The maximum absolute atomic E-state index is 5.36. The average molecular weight is 498 g/mol. The first-order valence-corrected chi connectivity index (χ1v) is 13.6. The van der Waals surface area contributed by atoms with E-state index in [0.29, 0.717) is 0 Å². The van der Waals surface area contributed by atoms with E-state index in [0.717, 1.165) is 25.3 Å². The SMILES string of the molecule is Cc1ccc(C=C2CN(Cc3ccc(C)cc3)CC3C2=NN(c2ccccc2)C3c2ccc(C)cc2)cc1. The van der Waals surface area contributed by atoms with Gasteiger partial charge in [0.05, 0.1) is 17.4 Å². The Kier molecular flexibility index (Phi) is 6.70. The zero-order valence-electron chi connectivity index (χ0n) is 22.5. The van der Waals surface area contributed by atoms with Gasteiger partial charge in [-0.2, -0.15) is 5.10 Å². The molecule has 190 valence electrons. The monoisotopic (exact) mass is 497 g/mol. The smallest absolute Gasteiger partial charge is 0.0872 e. The molecule has 0 N–H and O–H groups in total. The predicted octanol–water partition coefficient (Wildman–Crippen LogP) is 7.74. The number of anilines is 1. The van der Waals surface area contributed by atoms with E-state index in [2.05, 4.69) is 140 Å². The van der Waals surface area contributed by atoms with Crippen LogP contribution in [0, 0.1) is 26.7 Å². The third-order valence-corrected chi connectivity index (χ3v) is 7.77. The number of hydrogen-bond donors (Lipinski definition) is 0. The van der Waals surface area contributed by atoms with Crippen molar-refractivity contribution in [3.05, 3.63) is 142 Å². The van der Waals surface area contributed by atoms with Crippen LogP contribution in [0.1, 0.15) is 39.4 Å². The molecule has 1 fully saturated rings. The Morgan fingerprint density at radius 2 is 1.34 bits per heavy atom. The van der Waals surface area contributed by atoms with Gasteiger partial charge in [-0.1, -0.05) is 108 Å². The minimum Gasteiger partial charge on any atom is -0.294 e. The second kappa shape index (κ2) is 10.4. The summed E-state index contributed by atoms with van der Waals surface area (Å²) in [4.78, 5) is 2.60. The van der Waals surface area contributed by atoms with Gasteiger partial charge < -0.3 is 0 Å². The van der Waals surface area contributed by atoms with Crippen LogP contribution in [0.5, 0.6) is 0 Å². The molecule has 2 aliphatic rings. The Labute approximate surface area is 226 Å². The van der Waals surface area contributed by atoms with Crippen LogP contribution in [0.4, 0.5) is 5.69 Å². The quantitative estimate of drug-likeness (QED) is 0.281. The van der Waals surface area contributed by atoms with Gasteiger partial charge in [-0.3, -0.25) is 9.91 Å². The standard InChI is InChI=1S/C35H35N3/c1-25-9-15-28(16-10-25)21-31-23-37(22-29-17-11-26(2)12-18-29)24-33-34(31)36-38(32-7-5-4-6-8-32)35(33)30-19-13-27(3)14-20-30/h4-21,33,35H,22-24H2,1-3H3. The van der Waals surface area contributed by atoms with Crippen LogP contribution in [0.25, 0.3) is 6.08 Å². The number of fused-ring (bicyclic) bond motifs is 1. The Balaban J connectivity index is 1.43. The van der Waals surface area contributed by atoms with Crippen LogP contribution in [-0.2, 0) is 6.54 Å². The molecule has 3 heteroatoms. The van der Waals surface area contributed by atoms with E-state index in [9.17, 15) is 0 Å². The summed E-state index contributed by atoms with van der Waals surface area (Å²) in [5, 5.41) is 7.63. The van der Waals surface area contributed by atoms with Gasteiger partial charge in [-0.05, 0) is 61.2 Å². The average Bonchev–Trinajstić information content (AvgIpc) is 3.32. The topological polar surface area (TPSA) is 18.8 Å². The molecule has 3 nitrogen and oxygen atoms in total. The summed E-state index contributed by atoms with van der Waals surface area (Å²) >= 11 is 0. The van der Waals surface area contributed by atoms with Gasteiger partial charge in [0.25, 0.3) is 0 Å². The van der Waals surface area contributed by atoms with Gasteiger partial charge in [-0.15, -0.1) is 0 Å². The number of aryl methyl sites for hydroxylation is 3. The summed E-state index contributed by atoms with van der Waals surface area (Å²) in [5.41, 5.74) is 11.4. The first-order valence-electron chi connectivity index (χ1n) is 13.6. The van der Waals surface area contributed by atoms with Crippen molar-refractivity contribution in [2.75, 3.05) is 18.1 Å². The summed E-state index contributed by atoms with van der Waals surface area (Å²) in [6.07, 6.45) is 2.35. The molecule has 2 unspecified atom stereocenters. The van der Waals surface area contributed by atoms with Crippen LogP contribution < -0.4 is 5.01 Å². The molecule has 0 aliphatic carbocycles. The predicted molar refractivity (Wildman–Crippen MR) is 159 cm³/mol. The van der Waals surface area contributed by atoms with E-state index >= 15 is 0 Å². The van der Waals surface area contributed by atoms with Crippen molar-refractivity contribution in [2.45, 2.75) is 33.4 Å². The number of likely N-dealkylation sites (tertiary alicyclic amines) is 1. The molecule has 6 rings (SSSR count). The first-order chi connectivity index (χ1) is 18.5. The highest BCUT2D eigenvalue weighted by atomic mass is 15.5. The van der Waals surface area contributed by atoms with Crippen molar-refractivity contribution in [1.82, 2.24) is 4.90 Å². The maximum Gasteiger partial charge on any atom is 0.0872 e. The van der Waals surface area contributed by atoms with Crippen molar-refractivity contribution in [3.63, 3.8) is 0 Å². The highest BCUT2D eigenvalue weighted by molar-refractivity contribution is 6.09. The van der Waals surface area contributed by atoms with Crippen molar-refractivity contribution < 1.29 is 0 Å². The van der Waals surface area contributed by atoms with Crippen molar-refractivity contribution in [3.8, 4) is 0 Å². The van der Waals surface area contributed by atoms with E-state index in [-0.39, 0.29) is 12.0 Å². The number of piperidine rings is 1. The number of hydrogen-bond acceptors (Lipinski definition) is 3. The van der Waals surface area contributed by atoms with E-state index in [1.54, 1.807) is 0 Å². The molecule has 4 aromatic rings. The van der Waals surface area contributed by atoms with Gasteiger partial charge >= 0.3 is 0 Å². The fraction of sp³-hybridized carbons (Fsp3) is 0.229. The maximum atomic E-state index is 5.36. The Hall–Kier alpha value is -3.95. The van der Waals surface area contributed by atoms with Gasteiger partial charge in [0.15, 0.2) is 0 Å². The number of nitrogens with zero attached hydrogens (tertiary/aromatic N) is 3. The Morgan fingerprint density at radius 3 is 2.00 bits per heavy atom. The molecule has 2 aliphatic heterocycles. The molecule has 0 aromatic heterocycles. The van der Waals surface area contributed by atoms with Crippen molar-refractivity contribution >= 4 is 17.5 Å². The highest BCUT2D eigenvalue weighted by Gasteiger charge is 2.44. The molecule has 4 aromatic carbocycles. The lowest BCUT2D eigenvalue weighted by Crippen LogP contribution is -2.43. The highest BCUT2D eigenvalue weighted by Crippen LogP contribution is 2.43. The third-order valence-electron chi connectivity index (χ3n) is 7.77. The number of hydrazone groups is 1. The number of para-hydroxylation sites is 1. The fourth-order valence-corrected chi connectivity index (χ4v) is 5.72. The third kappa shape index (κ3) is 5.07. The zero-order valence-corrected chi connectivity index (χ0v) is 22.5. The van der Waals surface area contributed by atoms with Crippen LogP contribution in [0.3, 0.4) is 0 Å². The van der Waals surface area contributed by atoms with Crippen LogP contribution >= 0.6 is 0 Å². The molecule has 0 bridgehead atoms. The molecule has 2 atom stereocenters. The first kappa shape index (κ1) is 24.4. The molecule has 0 amide bonds. The minimum absolute atomic E-state index is 0.148. The van der Waals surface area contributed by atoms with Crippen molar-refractivity contribution in [1.29, 1.82) is 0 Å². The molecule has 0 radical (unpaired) electrons. The lowest BCUT2D eigenvalue weighted by Gasteiger charge is -2.36. The van der Waals surface area contributed by atoms with Gasteiger partial charge in [0, 0.05) is 25.6 Å². The van der Waals surface area contributed by atoms with Crippen LogP contribution in [0.2, 0.25) is 0 Å². The summed E-state index contributed by atoms with van der Waals surface area (Å²) in [6.45, 7) is 9.24. The molecule has 38 heavy (non-hydrogen) atoms. The Morgan fingerprint density at radius 1 is 0.737 bits per heavy atom.